The lowest BCUT2D eigenvalue weighted by Crippen LogP contribution is -2.18. The first-order chi connectivity index (χ1) is 7.10. The number of aryl methyl sites for hydroxylation is 2. The molecule has 2 rings (SSSR count). The summed E-state index contributed by atoms with van der Waals surface area (Å²) in [6.07, 6.45) is 3.12. The van der Waals surface area contributed by atoms with E-state index in [2.05, 4.69) is 32.0 Å². The Morgan fingerprint density at radius 3 is 2.53 bits per heavy atom. The van der Waals surface area contributed by atoms with E-state index in [-0.39, 0.29) is 5.41 Å². The molecule has 0 unspecified atom stereocenters. The van der Waals surface area contributed by atoms with Gasteiger partial charge in [0.25, 0.3) is 0 Å². The summed E-state index contributed by atoms with van der Waals surface area (Å²) in [6.45, 7) is 5.99. The van der Waals surface area contributed by atoms with Gasteiger partial charge in [0.15, 0.2) is 0 Å². The molecular weight excluding hydrogens is 184 g/mol. The zero-order chi connectivity index (χ0) is 11.1. The summed E-state index contributed by atoms with van der Waals surface area (Å²) < 4.78 is 0. The van der Waals surface area contributed by atoms with Crippen LogP contribution >= 0.6 is 0 Å². The van der Waals surface area contributed by atoms with E-state index in [9.17, 15) is 4.79 Å². The van der Waals surface area contributed by atoms with Crippen molar-refractivity contribution in [1.82, 2.24) is 0 Å². The second-order valence-electron chi connectivity index (χ2n) is 4.64. The fraction of sp³-hybridized carbons (Fsp3) is 0.500. The minimum atomic E-state index is -0.116. The molecule has 1 heteroatoms. The molecule has 0 radical (unpaired) electrons. The number of benzene rings is 1. The number of carbonyl (C=O) groups excluding carboxylic acids is 1. The smallest absolute Gasteiger partial charge is 0.140 e. The fourth-order valence-electron chi connectivity index (χ4n) is 2.34. The van der Waals surface area contributed by atoms with Gasteiger partial charge in [-0.3, -0.25) is 4.79 Å². The van der Waals surface area contributed by atoms with Crippen LogP contribution in [0.25, 0.3) is 0 Å². The molecular formula is C14H18O. The number of hydrogen-bond donors (Lipinski definition) is 0. The van der Waals surface area contributed by atoms with Gasteiger partial charge in [-0.1, -0.05) is 25.1 Å². The molecule has 0 heterocycles. The number of rotatable bonds is 3. The molecule has 1 aliphatic carbocycles. The maximum Gasteiger partial charge on any atom is 0.140 e. The summed E-state index contributed by atoms with van der Waals surface area (Å²) in [7, 11) is 0. The molecule has 0 spiro atoms. The second-order valence-corrected chi connectivity index (χ2v) is 4.64. The van der Waals surface area contributed by atoms with Crippen molar-refractivity contribution in [3.8, 4) is 0 Å². The standard InChI is InChI=1S/C14H18O/c1-4-12-6-5-10(2)13(9-12)14(7-8-14)11(3)15/h5-6,9H,4,7-8H2,1-3H3. The molecule has 1 aliphatic rings. The van der Waals surface area contributed by atoms with E-state index >= 15 is 0 Å². The maximum absolute atomic E-state index is 11.7. The van der Waals surface area contributed by atoms with Crippen LogP contribution in [-0.4, -0.2) is 5.78 Å². The van der Waals surface area contributed by atoms with Gasteiger partial charge >= 0.3 is 0 Å². The van der Waals surface area contributed by atoms with Gasteiger partial charge in [-0.2, -0.15) is 0 Å². The van der Waals surface area contributed by atoms with Crippen LogP contribution in [0.3, 0.4) is 0 Å². The van der Waals surface area contributed by atoms with Gasteiger partial charge in [0.05, 0.1) is 5.41 Å². The Bertz CT molecular complexity index is 400. The molecule has 0 saturated heterocycles. The van der Waals surface area contributed by atoms with Crippen LogP contribution in [0.2, 0.25) is 0 Å². The van der Waals surface area contributed by atoms with Gasteiger partial charge in [-0.05, 0) is 49.8 Å². The average Bonchev–Trinajstić information content (AvgIpc) is 2.99. The Kier molecular flexibility index (Phi) is 2.41. The van der Waals surface area contributed by atoms with E-state index in [1.54, 1.807) is 6.92 Å². The van der Waals surface area contributed by atoms with Gasteiger partial charge in [0.2, 0.25) is 0 Å². The Labute approximate surface area is 91.5 Å². The third-order valence-corrected chi connectivity index (χ3v) is 3.65. The fourth-order valence-corrected chi connectivity index (χ4v) is 2.34. The third-order valence-electron chi connectivity index (χ3n) is 3.65. The molecule has 0 bridgehead atoms. The van der Waals surface area contributed by atoms with E-state index in [1.165, 1.54) is 16.7 Å². The van der Waals surface area contributed by atoms with Crippen LogP contribution < -0.4 is 0 Å². The lowest BCUT2D eigenvalue weighted by Gasteiger charge is -2.16. The Hall–Kier alpha value is -1.11. The number of ketones is 1. The quantitative estimate of drug-likeness (QED) is 0.735. The largest absolute Gasteiger partial charge is 0.299 e. The molecule has 15 heavy (non-hydrogen) atoms. The monoisotopic (exact) mass is 202 g/mol. The summed E-state index contributed by atoms with van der Waals surface area (Å²) in [4.78, 5) is 11.7. The van der Waals surface area contributed by atoms with E-state index in [0.29, 0.717) is 5.78 Å². The van der Waals surface area contributed by atoms with Crippen molar-refractivity contribution in [1.29, 1.82) is 0 Å². The number of carbonyl (C=O) groups is 1. The van der Waals surface area contributed by atoms with Crippen molar-refractivity contribution < 1.29 is 4.79 Å². The van der Waals surface area contributed by atoms with Gasteiger partial charge in [-0.25, -0.2) is 0 Å². The summed E-state index contributed by atoms with van der Waals surface area (Å²) >= 11 is 0. The number of Topliss-reactive ketones (excluding diaryl/α,β-unsaturated/α-hetero) is 1. The summed E-state index contributed by atoms with van der Waals surface area (Å²) in [5.41, 5.74) is 3.76. The van der Waals surface area contributed by atoms with Gasteiger partial charge < -0.3 is 0 Å². The van der Waals surface area contributed by atoms with Crippen molar-refractivity contribution in [2.75, 3.05) is 0 Å². The average molecular weight is 202 g/mol. The maximum atomic E-state index is 11.7. The van der Waals surface area contributed by atoms with Crippen LogP contribution in [0.1, 0.15) is 43.4 Å². The van der Waals surface area contributed by atoms with Crippen molar-refractivity contribution in [2.24, 2.45) is 0 Å². The highest BCUT2D eigenvalue weighted by molar-refractivity contribution is 5.91. The van der Waals surface area contributed by atoms with Crippen LogP contribution in [-0.2, 0) is 16.6 Å². The zero-order valence-electron chi connectivity index (χ0n) is 9.76. The van der Waals surface area contributed by atoms with E-state index < -0.39 is 0 Å². The van der Waals surface area contributed by atoms with E-state index in [1.807, 2.05) is 0 Å². The second kappa shape index (κ2) is 3.48. The normalized spacial score (nSPS) is 17.5. The SMILES string of the molecule is CCc1ccc(C)c(C2(C(C)=O)CC2)c1. The van der Waals surface area contributed by atoms with Crippen molar-refractivity contribution in [3.63, 3.8) is 0 Å². The molecule has 0 amide bonds. The minimum absolute atomic E-state index is 0.116. The van der Waals surface area contributed by atoms with Gasteiger partial charge in [0, 0.05) is 0 Å². The first kappa shape index (κ1) is 10.4. The summed E-state index contributed by atoms with van der Waals surface area (Å²) in [5.74, 6) is 0.332. The Morgan fingerprint density at radius 2 is 2.07 bits per heavy atom. The molecule has 80 valence electrons. The highest BCUT2D eigenvalue weighted by Gasteiger charge is 2.49. The highest BCUT2D eigenvalue weighted by Crippen LogP contribution is 2.50. The molecule has 1 aromatic rings. The minimum Gasteiger partial charge on any atom is -0.299 e. The van der Waals surface area contributed by atoms with Crippen molar-refractivity contribution in [2.45, 2.75) is 45.4 Å². The van der Waals surface area contributed by atoms with Crippen LogP contribution in [0.15, 0.2) is 18.2 Å². The van der Waals surface area contributed by atoms with Crippen LogP contribution in [0.4, 0.5) is 0 Å². The lowest BCUT2D eigenvalue weighted by molar-refractivity contribution is -0.119. The van der Waals surface area contributed by atoms with E-state index in [0.717, 1.165) is 19.3 Å². The predicted molar refractivity (Wildman–Crippen MR) is 62.2 cm³/mol. The van der Waals surface area contributed by atoms with E-state index in [4.69, 9.17) is 0 Å². The zero-order valence-corrected chi connectivity index (χ0v) is 9.76. The van der Waals surface area contributed by atoms with Crippen LogP contribution in [0, 0.1) is 6.92 Å². The molecule has 0 N–H and O–H groups in total. The first-order valence-electron chi connectivity index (χ1n) is 5.71. The molecule has 1 aromatic carbocycles. The van der Waals surface area contributed by atoms with Gasteiger partial charge in [0.1, 0.15) is 5.78 Å². The summed E-state index contributed by atoms with van der Waals surface area (Å²) in [6, 6.07) is 6.54. The molecule has 1 saturated carbocycles. The van der Waals surface area contributed by atoms with Gasteiger partial charge in [-0.15, -0.1) is 0 Å². The predicted octanol–water partition coefficient (Wildman–Crippen LogP) is 3.18. The summed E-state index contributed by atoms with van der Waals surface area (Å²) in [5, 5.41) is 0. The van der Waals surface area contributed by atoms with Crippen molar-refractivity contribution in [3.05, 3.63) is 34.9 Å². The Balaban J connectivity index is 2.47. The third kappa shape index (κ3) is 1.60. The van der Waals surface area contributed by atoms with Crippen LogP contribution in [0.5, 0.6) is 0 Å². The molecule has 1 nitrogen and oxygen atoms in total. The molecule has 1 fully saturated rings. The Morgan fingerprint density at radius 1 is 1.40 bits per heavy atom. The molecule has 0 atom stereocenters. The highest BCUT2D eigenvalue weighted by atomic mass is 16.1. The molecule has 0 aliphatic heterocycles. The molecule has 0 aromatic heterocycles. The lowest BCUT2D eigenvalue weighted by atomic mass is 9.87. The van der Waals surface area contributed by atoms with Crippen molar-refractivity contribution >= 4 is 5.78 Å². The topological polar surface area (TPSA) is 17.1 Å². The number of hydrogen-bond acceptors (Lipinski definition) is 1. The first-order valence-corrected chi connectivity index (χ1v) is 5.71.